The molecular formula is C17H22N4O. The summed E-state index contributed by atoms with van der Waals surface area (Å²) < 4.78 is 0. The second-order valence-corrected chi connectivity index (χ2v) is 5.15. The van der Waals surface area contributed by atoms with Gasteiger partial charge >= 0.3 is 0 Å². The number of rotatable bonds is 6. The summed E-state index contributed by atoms with van der Waals surface area (Å²) in [7, 11) is 0. The van der Waals surface area contributed by atoms with Crippen molar-refractivity contribution >= 4 is 17.4 Å². The fourth-order valence-electron chi connectivity index (χ4n) is 2.18. The normalized spacial score (nSPS) is 10.3. The first-order valence-electron chi connectivity index (χ1n) is 7.63. The zero-order chi connectivity index (χ0) is 15.9. The Morgan fingerprint density at radius 3 is 2.59 bits per heavy atom. The number of hydrogen-bond acceptors (Lipinski definition) is 4. The van der Waals surface area contributed by atoms with Crippen LogP contribution in [0.5, 0.6) is 0 Å². The molecular weight excluding hydrogens is 276 g/mol. The van der Waals surface area contributed by atoms with Crippen molar-refractivity contribution in [2.24, 2.45) is 0 Å². The van der Waals surface area contributed by atoms with E-state index in [4.69, 9.17) is 0 Å². The van der Waals surface area contributed by atoms with Gasteiger partial charge in [0, 0.05) is 12.2 Å². The highest BCUT2D eigenvalue weighted by Gasteiger charge is 2.12. The van der Waals surface area contributed by atoms with Crippen molar-refractivity contribution in [2.45, 2.75) is 33.6 Å². The summed E-state index contributed by atoms with van der Waals surface area (Å²) in [4.78, 5) is 12.3. The van der Waals surface area contributed by atoms with Gasteiger partial charge in [-0.3, -0.25) is 4.79 Å². The number of nitrogens with one attached hydrogen (secondary N) is 2. The molecule has 2 rings (SSSR count). The lowest BCUT2D eigenvalue weighted by atomic mass is 10.1. The largest absolute Gasteiger partial charge is 0.369 e. The molecule has 2 aromatic rings. The minimum absolute atomic E-state index is 0.237. The van der Waals surface area contributed by atoms with Crippen molar-refractivity contribution in [3.05, 3.63) is 47.2 Å². The Bertz CT molecular complexity index is 638. The second kappa shape index (κ2) is 7.54. The molecule has 22 heavy (non-hydrogen) atoms. The summed E-state index contributed by atoms with van der Waals surface area (Å²) in [6, 6.07) is 9.46. The van der Waals surface area contributed by atoms with Crippen LogP contribution in [0.25, 0.3) is 0 Å². The number of carbonyl (C=O) groups excluding carboxylic acids is 1. The van der Waals surface area contributed by atoms with E-state index in [9.17, 15) is 4.79 Å². The molecule has 1 heterocycles. The molecule has 0 unspecified atom stereocenters. The highest BCUT2D eigenvalue weighted by molar-refractivity contribution is 6.03. The Labute approximate surface area is 131 Å². The first-order valence-corrected chi connectivity index (χ1v) is 7.63. The zero-order valence-electron chi connectivity index (χ0n) is 13.3. The van der Waals surface area contributed by atoms with Crippen molar-refractivity contribution in [3.8, 4) is 0 Å². The maximum atomic E-state index is 12.3. The Balaban J connectivity index is 2.12. The van der Waals surface area contributed by atoms with E-state index in [1.807, 2.05) is 25.1 Å². The average Bonchev–Trinajstić information content (AvgIpc) is 2.55. The maximum absolute atomic E-state index is 12.3. The number of amides is 1. The molecule has 116 valence electrons. The molecule has 0 spiro atoms. The summed E-state index contributed by atoms with van der Waals surface area (Å²) in [6.45, 7) is 6.97. The summed E-state index contributed by atoms with van der Waals surface area (Å²) in [5.41, 5.74) is 3.33. The van der Waals surface area contributed by atoms with Crippen molar-refractivity contribution in [1.29, 1.82) is 0 Å². The van der Waals surface area contributed by atoms with Crippen LogP contribution in [0.1, 0.15) is 41.9 Å². The molecule has 0 radical (unpaired) electrons. The van der Waals surface area contributed by atoms with Crippen LogP contribution in [0.15, 0.2) is 30.3 Å². The topological polar surface area (TPSA) is 66.9 Å². The van der Waals surface area contributed by atoms with Crippen molar-refractivity contribution in [1.82, 2.24) is 10.2 Å². The van der Waals surface area contributed by atoms with Crippen molar-refractivity contribution in [3.63, 3.8) is 0 Å². The second-order valence-electron chi connectivity index (χ2n) is 5.15. The smallest absolute Gasteiger partial charge is 0.276 e. The van der Waals surface area contributed by atoms with Gasteiger partial charge in [-0.05, 0) is 43.0 Å². The van der Waals surface area contributed by atoms with Gasteiger partial charge in [-0.25, -0.2) is 0 Å². The van der Waals surface area contributed by atoms with Gasteiger partial charge in [-0.2, -0.15) is 0 Å². The minimum Gasteiger partial charge on any atom is -0.369 e. The summed E-state index contributed by atoms with van der Waals surface area (Å²) >= 11 is 0. The van der Waals surface area contributed by atoms with Gasteiger partial charge in [-0.1, -0.05) is 32.0 Å². The predicted molar refractivity (Wildman–Crippen MR) is 89.3 cm³/mol. The molecule has 0 aliphatic rings. The quantitative estimate of drug-likeness (QED) is 0.857. The van der Waals surface area contributed by atoms with Gasteiger partial charge in [0.05, 0.1) is 0 Å². The number of carbonyl (C=O) groups is 1. The Kier molecular flexibility index (Phi) is 5.47. The summed E-state index contributed by atoms with van der Waals surface area (Å²) in [5, 5.41) is 14.1. The van der Waals surface area contributed by atoms with E-state index >= 15 is 0 Å². The standard InChI is InChI=1S/C17H22N4O/c1-4-11-18-15-10-9-14(20-21-15)17(22)19-16-12(3)7-6-8-13(16)5-2/h6-10H,4-5,11H2,1-3H3,(H,18,21)(H,19,22). The summed E-state index contributed by atoms with van der Waals surface area (Å²) in [5.74, 6) is 0.446. The summed E-state index contributed by atoms with van der Waals surface area (Å²) in [6.07, 6.45) is 1.87. The predicted octanol–water partition coefficient (Wildman–Crippen LogP) is 3.42. The van der Waals surface area contributed by atoms with E-state index in [0.29, 0.717) is 11.5 Å². The number of para-hydroxylation sites is 1. The van der Waals surface area contributed by atoms with E-state index in [1.165, 1.54) is 0 Å². The van der Waals surface area contributed by atoms with Gasteiger partial charge in [-0.15, -0.1) is 10.2 Å². The molecule has 5 nitrogen and oxygen atoms in total. The number of benzene rings is 1. The fourth-order valence-corrected chi connectivity index (χ4v) is 2.18. The number of aromatic nitrogens is 2. The Morgan fingerprint density at radius 2 is 1.95 bits per heavy atom. The highest BCUT2D eigenvalue weighted by atomic mass is 16.1. The van der Waals surface area contributed by atoms with Gasteiger partial charge in [0.15, 0.2) is 5.69 Å². The minimum atomic E-state index is -0.237. The van der Waals surface area contributed by atoms with E-state index in [0.717, 1.165) is 36.2 Å². The zero-order valence-corrected chi connectivity index (χ0v) is 13.3. The molecule has 0 saturated heterocycles. The first-order chi connectivity index (χ1) is 10.7. The third-order valence-electron chi connectivity index (χ3n) is 3.43. The SMILES string of the molecule is CCCNc1ccc(C(=O)Nc2c(C)cccc2CC)nn1. The van der Waals surface area contributed by atoms with Crippen molar-refractivity contribution in [2.75, 3.05) is 17.2 Å². The number of hydrogen-bond donors (Lipinski definition) is 2. The van der Waals surface area contributed by atoms with E-state index < -0.39 is 0 Å². The lowest BCUT2D eigenvalue weighted by Crippen LogP contribution is -2.16. The molecule has 0 aliphatic carbocycles. The Hall–Kier alpha value is -2.43. The molecule has 0 aliphatic heterocycles. The van der Waals surface area contributed by atoms with Gasteiger partial charge in [0.2, 0.25) is 0 Å². The number of aryl methyl sites for hydroxylation is 2. The number of nitrogens with zero attached hydrogens (tertiary/aromatic N) is 2. The molecule has 1 aromatic carbocycles. The monoisotopic (exact) mass is 298 g/mol. The van der Waals surface area contributed by atoms with Crippen LogP contribution in [0.4, 0.5) is 11.5 Å². The van der Waals surface area contributed by atoms with Crippen LogP contribution in [0.3, 0.4) is 0 Å². The van der Waals surface area contributed by atoms with E-state index in [1.54, 1.807) is 12.1 Å². The third-order valence-corrected chi connectivity index (χ3v) is 3.43. The lowest BCUT2D eigenvalue weighted by Gasteiger charge is -2.12. The van der Waals surface area contributed by atoms with Crippen LogP contribution < -0.4 is 10.6 Å². The van der Waals surface area contributed by atoms with E-state index in [2.05, 4.69) is 34.7 Å². The Morgan fingerprint density at radius 1 is 1.14 bits per heavy atom. The van der Waals surface area contributed by atoms with Gasteiger partial charge < -0.3 is 10.6 Å². The molecule has 1 aromatic heterocycles. The van der Waals surface area contributed by atoms with Crippen LogP contribution in [-0.2, 0) is 6.42 Å². The first kappa shape index (κ1) is 15.9. The van der Waals surface area contributed by atoms with Gasteiger partial charge in [0.25, 0.3) is 5.91 Å². The van der Waals surface area contributed by atoms with Crippen LogP contribution in [0, 0.1) is 6.92 Å². The molecule has 0 bridgehead atoms. The average molecular weight is 298 g/mol. The van der Waals surface area contributed by atoms with Crippen LogP contribution in [-0.4, -0.2) is 22.6 Å². The third kappa shape index (κ3) is 3.81. The molecule has 0 atom stereocenters. The molecule has 5 heteroatoms. The van der Waals surface area contributed by atoms with Crippen molar-refractivity contribution < 1.29 is 4.79 Å². The lowest BCUT2D eigenvalue weighted by molar-refractivity contribution is 0.102. The number of anilines is 2. The van der Waals surface area contributed by atoms with Crippen LogP contribution in [0.2, 0.25) is 0 Å². The highest BCUT2D eigenvalue weighted by Crippen LogP contribution is 2.21. The molecule has 0 fully saturated rings. The molecule has 2 N–H and O–H groups in total. The molecule has 0 saturated carbocycles. The van der Waals surface area contributed by atoms with Crippen LogP contribution >= 0.6 is 0 Å². The fraction of sp³-hybridized carbons (Fsp3) is 0.353. The molecule has 1 amide bonds. The van der Waals surface area contributed by atoms with E-state index in [-0.39, 0.29) is 5.91 Å². The maximum Gasteiger partial charge on any atom is 0.276 e. The van der Waals surface area contributed by atoms with Gasteiger partial charge in [0.1, 0.15) is 5.82 Å².